The molecule has 5 rings (SSSR count). The van der Waals surface area contributed by atoms with Crippen LogP contribution in [-0.4, -0.2) is 28.0 Å². The maximum atomic E-state index is 5.95. The molecule has 0 atom stereocenters. The van der Waals surface area contributed by atoms with Crippen LogP contribution in [0.3, 0.4) is 0 Å². The summed E-state index contributed by atoms with van der Waals surface area (Å²) in [4.78, 5) is 16.2. The molecule has 0 N–H and O–H groups in total. The fourth-order valence-electron chi connectivity index (χ4n) is 3.52. The van der Waals surface area contributed by atoms with Crippen LogP contribution in [0.4, 0.5) is 5.82 Å². The molecule has 0 amide bonds. The molecule has 2 aromatic carbocycles. The van der Waals surface area contributed by atoms with Crippen molar-refractivity contribution in [2.45, 2.75) is 18.8 Å². The van der Waals surface area contributed by atoms with E-state index in [9.17, 15) is 0 Å². The van der Waals surface area contributed by atoms with Crippen LogP contribution < -0.4 is 4.90 Å². The van der Waals surface area contributed by atoms with Gasteiger partial charge in [-0.15, -0.1) is 0 Å². The fraction of sp³-hybridized carbons (Fsp3) is 0.250. The van der Waals surface area contributed by atoms with Crippen molar-refractivity contribution in [1.82, 2.24) is 15.0 Å². The normalized spacial score (nSPS) is 15.9. The molecule has 4 aromatic rings. The van der Waals surface area contributed by atoms with Gasteiger partial charge < -0.3 is 9.32 Å². The lowest BCUT2D eigenvalue weighted by atomic mass is 9.97. The van der Waals surface area contributed by atoms with Crippen molar-refractivity contribution in [1.29, 1.82) is 0 Å². The number of para-hydroxylation sites is 4. The van der Waals surface area contributed by atoms with Crippen LogP contribution in [0, 0.1) is 0 Å². The Hall–Kier alpha value is -2.95. The maximum Gasteiger partial charge on any atom is 0.198 e. The van der Waals surface area contributed by atoms with E-state index in [2.05, 4.69) is 14.9 Å². The number of fused-ring (bicyclic) bond motifs is 2. The van der Waals surface area contributed by atoms with Gasteiger partial charge in [-0.3, -0.25) is 4.98 Å². The molecule has 3 heterocycles. The molecule has 0 saturated carbocycles. The topological polar surface area (TPSA) is 55.1 Å². The zero-order chi connectivity index (χ0) is 16.6. The highest BCUT2D eigenvalue weighted by Gasteiger charge is 2.25. The number of hydrogen-bond acceptors (Lipinski definition) is 5. The van der Waals surface area contributed by atoms with Gasteiger partial charge in [0.25, 0.3) is 0 Å². The lowest BCUT2D eigenvalue weighted by molar-refractivity contribution is 0.406. The quantitative estimate of drug-likeness (QED) is 0.552. The summed E-state index contributed by atoms with van der Waals surface area (Å²) in [5.74, 6) is 2.19. The predicted octanol–water partition coefficient (Wildman–Crippen LogP) is 4.16. The molecule has 0 radical (unpaired) electrons. The first-order valence-electron chi connectivity index (χ1n) is 8.69. The summed E-state index contributed by atoms with van der Waals surface area (Å²) in [6, 6.07) is 16.0. The Morgan fingerprint density at radius 2 is 1.56 bits per heavy atom. The summed E-state index contributed by atoms with van der Waals surface area (Å²) >= 11 is 0. The second kappa shape index (κ2) is 5.84. The summed E-state index contributed by atoms with van der Waals surface area (Å²) in [6.07, 6.45) is 3.91. The highest BCUT2D eigenvalue weighted by Crippen LogP contribution is 2.31. The molecule has 1 aliphatic heterocycles. The SMILES string of the molecule is c1ccc2nc(N3CCC(c4nc5ccccc5o4)CC3)cnc2c1. The summed E-state index contributed by atoms with van der Waals surface area (Å²) in [7, 11) is 0. The van der Waals surface area contributed by atoms with E-state index in [0.29, 0.717) is 5.92 Å². The third kappa shape index (κ3) is 2.61. The molecule has 0 spiro atoms. The van der Waals surface area contributed by atoms with E-state index in [1.165, 1.54) is 0 Å². The molecule has 25 heavy (non-hydrogen) atoms. The standard InChI is InChI=1S/C20H18N4O/c1-2-6-16-15(5-1)21-13-19(22-16)24-11-9-14(10-12-24)20-23-17-7-3-4-8-18(17)25-20/h1-8,13-14H,9-12H2. The summed E-state index contributed by atoms with van der Waals surface area (Å²) < 4.78 is 5.95. The minimum Gasteiger partial charge on any atom is -0.440 e. The Morgan fingerprint density at radius 1 is 0.840 bits per heavy atom. The van der Waals surface area contributed by atoms with Gasteiger partial charge in [0.15, 0.2) is 11.5 Å². The number of hydrogen-bond donors (Lipinski definition) is 0. The minimum absolute atomic E-state index is 0.372. The van der Waals surface area contributed by atoms with Crippen LogP contribution >= 0.6 is 0 Å². The van der Waals surface area contributed by atoms with Crippen molar-refractivity contribution in [2.75, 3.05) is 18.0 Å². The van der Waals surface area contributed by atoms with Gasteiger partial charge in [0.05, 0.1) is 17.2 Å². The molecule has 124 valence electrons. The number of nitrogens with zero attached hydrogens (tertiary/aromatic N) is 4. The van der Waals surface area contributed by atoms with E-state index in [4.69, 9.17) is 9.40 Å². The molecule has 0 aliphatic carbocycles. The van der Waals surface area contributed by atoms with Crippen molar-refractivity contribution in [3.05, 3.63) is 60.6 Å². The summed E-state index contributed by atoms with van der Waals surface area (Å²) in [5.41, 5.74) is 3.70. The number of anilines is 1. The average Bonchev–Trinajstić information content (AvgIpc) is 3.12. The predicted molar refractivity (Wildman–Crippen MR) is 97.7 cm³/mol. The number of oxazole rings is 1. The summed E-state index contributed by atoms with van der Waals surface area (Å²) in [5, 5.41) is 0. The van der Waals surface area contributed by atoms with E-state index in [0.717, 1.165) is 59.8 Å². The molecule has 0 unspecified atom stereocenters. The number of piperidine rings is 1. The third-order valence-corrected chi connectivity index (χ3v) is 4.91. The molecule has 0 bridgehead atoms. The highest BCUT2D eigenvalue weighted by molar-refractivity contribution is 5.75. The Balaban J connectivity index is 1.34. The van der Waals surface area contributed by atoms with Crippen LogP contribution in [0.15, 0.2) is 59.1 Å². The second-order valence-corrected chi connectivity index (χ2v) is 6.50. The van der Waals surface area contributed by atoms with E-state index < -0.39 is 0 Å². The van der Waals surface area contributed by atoms with Crippen LogP contribution in [0.1, 0.15) is 24.7 Å². The molecule has 5 heteroatoms. The molecule has 1 saturated heterocycles. The molecule has 2 aromatic heterocycles. The van der Waals surface area contributed by atoms with E-state index >= 15 is 0 Å². The number of aromatic nitrogens is 3. The first kappa shape index (κ1) is 14.4. The fourth-order valence-corrected chi connectivity index (χ4v) is 3.52. The van der Waals surface area contributed by atoms with Crippen molar-refractivity contribution in [2.24, 2.45) is 0 Å². The van der Waals surface area contributed by atoms with Gasteiger partial charge in [0.1, 0.15) is 11.3 Å². The van der Waals surface area contributed by atoms with Gasteiger partial charge in [0.2, 0.25) is 0 Å². The Morgan fingerprint density at radius 3 is 2.36 bits per heavy atom. The Kier molecular flexibility index (Phi) is 3.37. The Labute approximate surface area is 145 Å². The first-order chi connectivity index (χ1) is 12.4. The zero-order valence-electron chi connectivity index (χ0n) is 13.8. The Bertz CT molecular complexity index is 1000. The molecular formula is C20H18N4O. The molecular weight excluding hydrogens is 312 g/mol. The van der Waals surface area contributed by atoms with Gasteiger partial charge >= 0.3 is 0 Å². The maximum absolute atomic E-state index is 5.95. The van der Waals surface area contributed by atoms with Gasteiger partial charge in [0, 0.05) is 19.0 Å². The van der Waals surface area contributed by atoms with E-state index in [-0.39, 0.29) is 0 Å². The monoisotopic (exact) mass is 330 g/mol. The van der Waals surface area contributed by atoms with E-state index in [1.807, 2.05) is 54.7 Å². The van der Waals surface area contributed by atoms with Crippen LogP contribution in [-0.2, 0) is 0 Å². The van der Waals surface area contributed by atoms with Crippen LogP contribution in [0.2, 0.25) is 0 Å². The number of benzene rings is 2. The van der Waals surface area contributed by atoms with Gasteiger partial charge in [-0.05, 0) is 37.1 Å². The smallest absolute Gasteiger partial charge is 0.198 e. The first-order valence-corrected chi connectivity index (χ1v) is 8.69. The van der Waals surface area contributed by atoms with Crippen LogP contribution in [0.25, 0.3) is 22.1 Å². The van der Waals surface area contributed by atoms with Crippen LogP contribution in [0.5, 0.6) is 0 Å². The van der Waals surface area contributed by atoms with Crippen molar-refractivity contribution in [3.8, 4) is 0 Å². The lowest BCUT2D eigenvalue weighted by Gasteiger charge is -2.31. The minimum atomic E-state index is 0.372. The number of rotatable bonds is 2. The van der Waals surface area contributed by atoms with Crippen molar-refractivity contribution < 1.29 is 4.42 Å². The van der Waals surface area contributed by atoms with Crippen molar-refractivity contribution in [3.63, 3.8) is 0 Å². The second-order valence-electron chi connectivity index (χ2n) is 6.50. The van der Waals surface area contributed by atoms with Crippen molar-refractivity contribution >= 4 is 28.0 Å². The molecule has 5 nitrogen and oxygen atoms in total. The van der Waals surface area contributed by atoms with E-state index in [1.54, 1.807) is 0 Å². The largest absolute Gasteiger partial charge is 0.440 e. The van der Waals surface area contributed by atoms with Gasteiger partial charge in [-0.25, -0.2) is 9.97 Å². The highest BCUT2D eigenvalue weighted by atomic mass is 16.3. The van der Waals surface area contributed by atoms with Gasteiger partial charge in [-0.2, -0.15) is 0 Å². The summed E-state index contributed by atoms with van der Waals surface area (Å²) in [6.45, 7) is 1.88. The zero-order valence-corrected chi connectivity index (χ0v) is 13.8. The average molecular weight is 330 g/mol. The molecule has 1 fully saturated rings. The molecule has 1 aliphatic rings. The van der Waals surface area contributed by atoms with Gasteiger partial charge in [-0.1, -0.05) is 24.3 Å². The third-order valence-electron chi connectivity index (χ3n) is 4.91. The lowest BCUT2D eigenvalue weighted by Crippen LogP contribution is -2.33.